The highest BCUT2D eigenvalue weighted by Crippen LogP contribution is 2.19. The minimum atomic E-state index is -1.28. The summed E-state index contributed by atoms with van der Waals surface area (Å²) < 4.78 is 5.47. The third kappa shape index (κ3) is 7.24. The lowest BCUT2D eigenvalue weighted by molar-refractivity contribution is -0.152. The fourth-order valence-corrected chi connectivity index (χ4v) is 2.73. The second-order valence-corrected chi connectivity index (χ2v) is 7.58. The summed E-state index contributed by atoms with van der Waals surface area (Å²) in [6.45, 7) is 3.57. The molecule has 2 aromatic rings. The predicted molar refractivity (Wildman–Crippen MR) is 110 cm³/mol. The van der Waals surface area contributed by atoms with Gasteiger partial charge >= 0.3 is 5.97 Å². The lowest BCUT2D eigenvalue weighted by Crippen LogP contribution is -2.37. The number of aryl methyl sites for hydroxylation is 1. The summed E-state index contributed by atoms with van der Waals surface area (Å²) >= 11 is 5.86. The number of nitrogens with one attached hydrogen (secondary N) is 1. The molecule has 1 amide bonds. The van der Waals surface area contributed by atoms with Crippen molar-refractivity contribution in [3.05, 3.63) is 64.7 Å². The van der Waals surface area contributed by atoms with Crippen LogP contribution in [0.3, 0.4) is 0 Å². The van der Waals surface area contributed by atoms with E-state index < -0.39 is 11.6 Å². The van der Waals surface area contributed by atoms with Gasteiger partial charge < -0.3 is 15.2 Å². The van der Waals surface area contributed by atoms with Crippen LogP contribution in [0.15, 0.2) is 48.5 Å². The number of carbonyl (C=O) groups excluding carboxylic acids is 1. The van der Waals surface area contributed by atoms with Crippen molar-refractivity contribution in [1.82, 2.24) is 5.32 Å². The first-order valence-electron chi connectivity index (χ1n) is 9.29. The van der Waals surface area contributed by atoms with Crippen LogP contribution in [0.2, 0.25) is 5.02 Å². The van der Waals surface area contributed by atoms with Gasteiger partial charge in [0.05, 0.1) is 0 Å². The maximum Gasteiger partial charge on any atom is 0.347 e. The second kappa shape index (κ2) is 10.1. The Hall–Kier alpha value is -2.53. The molecule has 0 aromatic heterocycles. The van der Waals surface area contributed by atoms with E-state index in [1.54, 1.807) is 12.1 Å². The first kappa shape index (κ1) is 21.8. The molecule has 0 fully saturated rings. The van der Waals surface area contributed by atoms with Crippen LogP contribution in [0, 0.1) is 0 Å². The fraction of sp³-hybridized carbons (Fsp3) is 0.364. The molecule has 2 N–H and O–H groups in total. The molecule has 28 heavy (non-hydrogen) atoms. The van der Waals surface area contributed by atoms with Gasteiger partial charge in [-0.05, 0) is 68.5 Å². The number of hydrogen-bond acceptors (Lipinski definition) is 3. The van der Waals surface area contributed by atoms with E-state index in [0.29, 0.717) is 30.2 Å². The van der Waals surface area contributed by atoms with E-state index in [4.69, 9.17) is 21.4 Å². The van der Waals surface area contributed by atoms with Gasteiger partial charge in [-0.25, -0.2) is 4.79 Å². The number of aliphatic carboxylic acids is 1. The maximum absolute atomic E-state index is 11.9. The molecule has 0 heterocycles. The summed E-state index contributed by atoms with van der Waals surface area (Å²) in [4.78, 5) is 23.0. The zero-order valence-electron chi connectivity index (χ0n) is 16.2. The number of carboxylic acid groups (broad SMARTS) is 1. The van der Waals surface area contributed by atoms with Crippen molar-refractivity contribution in [3.8, 4) is 5.75 Å². The third-order valence-corrected chi connectivity index (χ3v) is 4.58. The molecule has 0 saturated heterocycles. The van der Waals surface area contributed by atoms with Gasteiger partial charge in [0, 0.05) is 18.0 Å². The van der Waals surface area contributed by atoms with Gasteiger partial charge in [0.25, 0.3) is 0 Å². The second-order valence-electron chi connectivity index (χ2n) is 7.14. The first-order chi connectivity index (χ1) is 13.3. The van der Waals surface area contributed by atoms with Crippen molar-refractivity contribution < 1.29 is 19.4 Å². The van der Waals surface area contributed by atoms with Crippen LogP contribution in [0.5, 0.6) is 5.75 Å². The molecular formula is C22H26ClNO4. The van der Waals surface area contributed by atoms with Crippen LogP contribution < -0.4 is 10.1 Å². The van der Waals surface area contributed by atoms with Crippen LogP contribution in [0.1, 0.15) is 37.8 Å². The minimum absolute atomic E-state index is 0.0390. The highest BCUT2D eigenvalue weighted by Gasteiger charge is 2.29. The van der Waals surface area contributed by atoms with E-state index in [-0.39, 0.29) is 5.91 Å². The summed E-state index contributed by atoms with van der Waals surface area (Å²) in [7, 11) is 0. The topological polar surface area (TPSA) is 75.6 Å². The Balaban J connectivity index is 1.67. The molecule has 0 saturated carbocycles. The number of halogens is 1. The quantitative estimate of drug-likeness (QED) is 0.621. The standard InChI is InChI=1S/C22H26ClNO4/c1-22(2,21(26)27)28-19-12-8-17(9-13-19)14-15-24-20(25)5-3-4-16-6-10-18(23)11-7-16/h6-13H,3-5,14-15H2,1-2H3,(H,24,25)(H,26,27). The number of hydrogen-bond donors (Lipinski definition) is 2. The molecule has 0 bridgehead atoms. The lowest BCUT2D eigenvalue weighted by Gasteiger charge is -2.21. The van der Waals surface area contributed by atoms with E-state index in [1.807, 2.05) is 36.4 Å². The van der Waals surface area contributed by atoms with Crippen molar-refractivity contribution in [2.45, 2.75) is 45.1 Å². The Bertz CT molecular complexity index is 785. The molecule has 150 valence electrons. The van der Waals surface area contributed by atoms with Crippen molar-refractivity contribution in [3.63, 3.8) is 0 Å². The molecule has 0 radical (unpaired) electrons. The summed E-state index contributed by atoms with van der Waals surface area (Å²) in [5.41, 5.74) is 0.939. The van der Waals surface area contributed by atoms with Crippen molar-refractivity contribution in [2.75, 3.05) is 6.54 Å². The number of benzene rings is 2. The summed E-state index contributed by atoms with van der Waals surface area (Å²) in [5, 5.41) is 12.7. The Kier molecular flexibility index (Phi) is 7.88. The SMILES string of the molecule is CC(C)(Oc1ccc(CCNC(=O)CCCc2ccc(Cl)cc2)cc1)C(=O)O. The molecule has 0 atom stereocenters. The molecule has 0 aliphatic carbocycles. The average Bonchev–Trinajstić information content (AvgIpc) is 2.64. The molecule has 0 spiro atoms. The number of amides is 1. The Morgan fingerprint density at radius 1 is 1.00 bits per heavy atom. The zero-order valence-corrected chi connectivity index (χ0v) is 17.0. The summed E-state index contributed by atoms with van der Waals surface area (Å²) in [5.74, 6) is -0.477. The molecule has 2 aromatic carbocycles. The highest BCUT2D eigenvalue weighted by molar-refractivity contribution is 6.30. The van der Waals surface area contributed by atoms with Crippen molar-refractivity contribution in [1.29, 1.82) is 0 Å². The van der Waals surface area contributed by atoms with Gasteiger partial charge in [-0.15, -0.1) is 0 Å². The number of rotatable bonds is 10. The van der Waals surface area contributed by atoms with Gasteiger partial charge in [0.1, 0.15) is 5.75 Å². The Labute approximate surface area is 170 Å². The van der Waals surface area contributed by atoms with Crippen LogP contribution >= 0.6 is 11.6 Å². The molecule has 0 aliphatic heterocycles. The number of carboxylic acids is 1. The Morgan fingerprint density at radius 2 is 1.57 bits per heavy atom. The minimum Gasteiger partial charge on any atom is -0.478 e. The van der Waals surface area contributed by atoms with Gasteiger partial charge in [0.2, 0.25) is 5.91 Å². The Morgan fingerprint density at radius 3 is 2.18 bits per heavy atom. The highest BCUT2D eigenvalue weighted by atomic mass is 35.5. The average molecular weight is 404 g/mol. The molecule has 0 aliphatic rings. The van der Waals surface area contributed by atoms with Gasteiger partial charge in [0.15, 0.2) is 5.60 Å². The van der Waals surface area contributed by atoms with E-state index in [2.05, 4.69) is 5.32 Å². The van der Waals surface area contributed by atoms with E-state index >= 15 is 0 Å². The van der Waals surface area contributed by atoms with Crippen LogP contribution in [0.4, 0.5) is 0 Å². The van der Waals surface area contributed by atoms with Crippen LogP contribution in [-0.2, 0) is 22.4 Å². The molecular weight excluding hydrogens is 378 g/mol. The normalized spacial score (nSPS) is 11.1. The largest absolute Gasteiger partial charge is 0.478 e. The van der Waals surface area contributed by atoms with Crippen LogP contribution in [-0.4, -0.2) is 29.1 Å². The molecule has 0 unspecified atom stereocenters. The monoisotopic (exact) mass is 403 g/mol. The van der Waals surface area contributed by atoms with Gasteiger partial charge in [-0.2, -0.15) is 0 Å². The van der Waals surface area contributed by atoms with E-state index in [9.17, 15) is 9.59 Å². The molecule has 2 rings (SSSR count). The predicted octanol–water partition coefficient (Wildman–Crippen LogP) is 4.26. The number of carbonyl (C=O) groups is 2. The summed E-state index contributed by atoms with van der Waals surface area (Å²) in [6.07, 6.45) is 2.82. The van der Waals surface area contributed by atoms with Crippen molar-refractivity contribution >= 4 is 23.5 Å². The van der Waals surface area contributed by atoms with Crippen LogP contribution in [0.25, 0.3) is 0 Å². The first-order valence-corrected chi connectivity index (χ1v) is 9.66. The molecule has 6 heteroatoms. The maximum atomic E-state index is 11.9. The third-order valence-electron chi connectivity index (χ3n) is 4.33. The van der Waals surface area contributed by atoms with Crippen molar-refractivity contribution in [2.24, 2.45) is 0 Å². The zero-order chi connectivity index (χ0) is 20.6. The number of ether oxygens (including phenoxy) is 1. The van der Waals surface area contributed by atoms with Gasteiger partial charge in [-0.3, -0.25) is 4.79 Å². The van der Waals surface area contributed by atoms with E-state index in [1.165, 1.54) is 19.4 Å². The lowest BCUT2D eigenvalue weighted by atomic mass is 10.1. The summed E-state index contributed by atoms with van der Waals surface area (Å²) in [6, 6.07) is 14.9. The fourth-order valence-electron chi connectivity index (χ4n) is 2.60. The molecule has 5 nitrogen and oxygen atoms in total. The smallest absolute Gasteiger partial charge is 0.347 e. The van der Waals surface area contributed by atoms with Gasteiger partial charge in [-0.1, -0.05) is 35.9 Å². The van der Waals surface area contributed by atoms with E-state index in [0.717, 1.165) is 18.4 Å².